The summed E-state index contributed by atoms with van der Waals surface area (Å²) in [6, 6.07) is 5.94. The van der Waals surface area contributed by atoms with E-state index in [0.717, 1.165) is 35.4 Å². The molecule has 17 heavy (non-hydrogen) atoms. The lowest BCUT2D eigenvalue weighted by Gasteiger charge is -2.05. The summed E-state index contributed by atoms with van der Waals surface area (Å²) < 4.78 is 16.2. The van der Waals surface area contributed by atoms with Gasteiger partial charge >= 0.3 is 0 Å². The van der Waals surface area contributed by atoms with E-state index in [9.17, 15) is 0 Å². The van der Waals surface area contributed by atoms with Crippen LogP contribution < -0.4 is 9.47 Å². The smallest absolute Gasteiger partial charge is 0.231 e. The third-order valence-electron chi connectivity index (χ3n) is 2.63. The van der Waals surface area contributed by atoms with E-state index in [-0.39, 0.29) is 0 Å². The summed E-state index contributed by atoms with van der Waals surface area (Å²) in [4.78, 5) is 0. The Morgan fingerprint density at radius 2 is 2.00 bits per heavy atom. The van der Waals surface area contributed by atoms with Crippen LogP contribution in [0.5, 0.6) is 11.5 Å². The van der Waals surface area contributed by atoms with Crippen LogP contribution in [-0.4, -0.2) is 18.7 Å². The van der Waals surface area contributed by atoms with Gasteiger partial charge in [0.2, 0.25) is 6.79 Å². The van der Waals surface area contributed by atoms with Crippen LogP contribution in [0.4, 0.5) is 0 Å². The van der Waals surface area contributed by atoms with Crippen molar-refractivity contribution in [2.24, 2.45) is 0 Å². The fraction of sp³-hybridized carbons (Fsp3) is 0.538. The zero-order chi connectivity index (χ0) is 11.9. The molecule has 4 heteroatoms. The second-order valence-electron chi connectivity index (χ2n) is 3.99. The van der Waals surface area contributed by atoms with Crippen molar-refractivity contribution in [2.45, 2.75) is 25.9 Å². The maximum absolute atomic E-state index is 5.61. The van der Waals surface area contributed by atoms with E-state index >= 15 is 0 Å². The number of unbranched alkanes of at least 4 members (excludes halogenated alkanes) is 2. The van der Waals surface area contributed by atoms with Crippen molar-refractivity contribution in [2.75, 3.05) is 18.7 Å². The first-order chi connectivity index (χ1) is 8.40. The van der Waals surface area contributed by atoms with Crippen LogP contribution in [-0.2, 0) is 11.3 Å². The van der Waals surface area contributed by atoms with Crippen molar-refractivity contribution in [1.29, 1.82) is 0 Å². The Hall–Kier alpha value is -0.740. The number of hydrogen-bond donors (Lipinski definition) is 0. The van der Waals surface area contributed by atoms with Crippen molar-refractivity contribution in [3.63, 3.8) is 0 Å². The highest BCUT2D eigenvalue weighted by Gasteiger charge is 2.12. The number of halogens is 1. The summed E-state index contributed by atoms with van der Waals surface area (Å²) in [5, 5.41) is 1.08. The molecule has 0 saturated carbocycles. The summed E-state index contributed by atoms with van der Waals surface area (Å²) in [7, 11) is 0. The molecule has 0 spiro atoms. The molecule has 2 rings (SSSR count). The molecule has 1 heterocycles. The SMILES string of the molecule is BrCCCCCOCc1ccc2c(c1)OCO2. The van der Waals surface area contributed by atoms with Gasteiger partial charge in [-0.25, -0.2) is 0 Å². The molecule has 0 atom stereocenters. The summed E-state index contributed by atoms with van der Waals surface area (Å²) in [6.07, 6.45) is 3.55. The Morgan fingerprint density at radius 3 is 2.88 bits per heavy atom. The first-order valence-electron chi connectivity index (χ1n) is 5.92. The molecular formula is C13H17BrO3. The Bertz CT molecular complexity index is 355. The zero-order valence-corrected chi connectivity index (χ0v) is 11.4. The van der Waals surface area contributed by atoms with Crippen LogP contribution in [0.25, 0.3) is 0 Å². The van der Waals surface area contributed by atoms with Crippen molar-refractivity contribution in [3.05, 3.63) is 23.8 Å². The van der Waals surface area contributed by atoms with E-state index in [1.807, 2.05) is 18.2 Å². The van der Waals surface area contributed by atoms with E-state index in [2.05, 4.69) is 15.9 Å². The summed E-state index contributed by atoms with van der Waals surface area (Å²) in [6.45, 7) is 1.79. The predicted molar refractivity (Wildman–Crippen MR) is 69.9 cm³/mol. The predicted octanol–water partition coefficient (Wildman–Crippen LogP) is 3.50. The average molecular weight is 301 g/mol. The zero-order valence-electron chi connectivity index (χ0n) is 9.78. The molecule has 0 saturated heterocycles. The minimum absolute atomic E-state index is 0.326. The highest BCUT2D eigenvalue weighted by atomic mass is 79.9. The lowest BCUT2D eigenvalue weighted by atomic mass is 10.2. The lowest BCUT2D eigenvalue weighted by Crippen LogP contribution is -1.96. The van der Waals surface area contributed by atoms with Crippen LogP contribution in [0.15, 0.2) is 18.2 Å². The Labute approximate surface area is 110 Å². The number of alkyl halides is 1. The van der Waals surface area contributed by atoms with Gasteiger partial charge in [0.1, 0.15) is 0 Å². The maximum Gasteiger partial charge on any atom is 0.231 e. The van der Waals surface area contributed by atoms with Crippen molar-refractivity contribution in [1.82, 2.24) is 0 Å². The number of ether oxygens (including phenoxy) is 3. The molecule has 0 amide bonds. The Kier molecular flexibility index (Phi) is 5.13. The van der Waals surface area contributed by atoms with Gasteiger partial charge in [0.15, 0.2) is 11.5 Å². The molecule has 3 nitrogen and oxygen atoms in total. The largest absolute Gasteiger partial charge is 0.454 e. The van der Waals surface area contributed by atoms with Gasteiger partial charge in [0.25, 0.3) is 0 Å². The molecule has 0 aliphatic carbocycles. The van der Waals surface area contributed by atoms with Gasteiger partial charge in [0.05, 0.1) is 6.61 Å². The maximum atomic E-state index is 5.61. The monoisotopic (exact) mass is 300 g/mol. The van der Waals surface area contributed by atoms with Crippen LogP contribution >= 0.6 is 15.9 Å². The highest BCUT2D eigenvalue weighted by molar-refractivity contribution is 9.09. The van der Waals surface area contributed by atoms with Gasteiger partial charge in [-0.05, 0) is 30.5 Å². The molecule has 0 fully saturated rings. The Morgan fingerprint density at radius 1 is 1.12 bits per heavy atom. The fourth-order valence-electron chi connectivity index (χ4n) is 1.70. The van der Waals surface area contributed by atoms with Crippen molar-refractivity contribution in [3.8, 4) is 11.5 Å². The fourth-order valence-corrected chi connectivity index (χ4v) is 2.09. The molecule has 94 valence electrons. The van der Waals surface area contributed by atoms with Crippen LogP contribution in [0, 0.1) is 0 Å². The van der Waals surface area contributed by atoms with Gasteiger partial charge in [-0.2, -0.15) is 0 Å². The molecule has 0 radical (unpaired) electrons. The van der Waals surface area contributed by atoms with Gasteiger partial charge in [0, 0.05) is 11.9 Å². The van der Waals surface area contributed by atoms with Gasteiger partial charge in [-0.1, -0.05) is 28.4 Å². The van der Waals surface area contributed by atoms with E-state index < -0.39 is 0 Å². The first-order valence-corrected chi connectivity index (χ1v) is 7.04. The lowest BCUT2D eigenvalue weighted by molar-refractivity contribution is 0.117. The van der Waals surface area contributed by atoms with E-state index in [1.165, 1.54) is 12.8 Å². The molecule has 0 bridgehead atoms. The quantitative estimate of drug-likeness (QED) is 0.570. The number of rotatable bonds is 7. The highest BCUT2D eigenvalue weighted by Crippen LogP contribution is 2.32. The van der Waals surface area contributed by atoms with E-state index in [1.54, 1.807) is 0 Å². The standard InChI is InChI=1S/C13H17BrO3/c14-6-2-1-3-7-15-9-11-4-5-12-13(8-11)17-10-16-12/h4-5,8H,1-3,6-7,9-10H2. The normalized spacial score (nSPS) is 13.0. The second-order valence-corrected chi connectivity index (χ2v) is 4.78. The molecule has 0 N–H and O–H groups in total. The molecule has 0 aromatic heterocycles. The molecule has 1 aliphatic heterocycles. The molecule has 1 aromatic carbocycles. The topological polar surface area (TPSA) is 27.7 Å². The van der Waals surface area contributed by atoms with Gasteiger partial charge in [-0.15, -0.1) is 0 Å². The molecule has 1 aromatic rings. The van der Waals surface area contributed by atoms with Crippen molar-refractivity contribution < 1.29 is 14.2 Å². The van der Waals surface area contributed by atoms with Gasteiger partial charge < -0.3 is 14.2 Å². The average Bonchev–Trinajstić information content (AvgIpc) is 2.81. The molecular weight excluding hydrogens is 284 g/mol. The minimum atomic E-state index is 0.326. The van der Waals surface area contributed by atoms with Gasteiger partial charge in [-0.3, -0.25) is 0 Å². The van der Waals surface area contributed by atoms with Crippen LogP contribution in [0.2, 0.25) is 0 Å². The third kappa shape index (κ3) is 3.89. The summed E-state index contributed by atoms with van der Waals surface area (Å²) in [5.41, 5.74) is 1.13. The number of benzene rings is 1. The second kappa shape index (κ2) is 6.87. The number of hydrogen-bond acceptors (Lipinski definition) is 3. The Balaban J connectivity index is 1.69. The number of fused-ring (bicyclic) bond motifs is 1. The first kappa shape index (κ1) is 12.7. The summed E-state index contributed by atoms with van der Waals surface area (Å²) >= 11 is 3.42. The molecule has 1 aliphatic rings. The summed E-state index contributed by atoms with van der Waals surface area (Å²) in [5.74, 6) is 1.65. The third-order valence-corrected chi connectivity index (χ3v) is 3.19. The van der Waals surface area contributed by atoms with E-state index in [4.69, 9.17) is 14.2 Å². The van der Waals surface area contributed by atoms with Crippen LogP contribution in [0.1, 0.15) is 24.8 Å². The molecule has 0 unspecified atom stereocenters. The van der Waals surface area contributed by atoms with Crippen molar-refractivity contribution >= 4 is 15.9 Å². The van der Waals surface area contributed by atoms with Crippen LogP contribution in [0.3, 0.4) is 0 Å². The minimum Gasteiger partial charge on any atom is -0.454 e. The van der Waals surface area contributed by atoms with E-state index in [0.29, 0.717) is 13.4 Å².